The van der Waals surface area contributed by atoms with Crippen LogP contribution in [0.2, 0.25) is 0 Å². The quantitative estimate of drug-likeness (QED) is 0.599. The van der Waals surface area contributed by atoms with Gasteiger partial charge in [0.1, 0.15) is 0 Å². The smallest absolute Gasteiger partial charge is 0.307 e. The number of methoxy groups -OCH3 is 2. The molecule has 0 saturated heterocycles. The van der Waals surface area contributed by atoms with E-state index in [-0.39, 0.29) is 30.9 Å². The van der Waals surface area contributed by atoms with E-state index < -0.39 is 0 Å². The average molecular weight is 441 g/mol. The van der Waals surface area contributed by atoms with Gasteiger partial charge in [-0.25, -0.2) is 0 Å². The third-order valence-electron chi connectivity index (χ3n) is 5.80. The molecule has 1 aliphatic rings. The predicted octanol–water partition coefficient (Wildman–Crippen LogP) is 3.76. The van der Waals surface area contributed by atoms with Crippen molar-refractivity contribution in [3.8, 4) is 11.5 Å². The minimum absolute atomic E-state index is 0.108. The third kappa shape index (κ3) is 5.40. The van der Waals surface area contributed by atoms with E-state index in [2.05, 4.69) is 12.2 Å². The molecule has 0 spiro atoms. The summed E-state index contributed by atoms with van der Waals surface area (Å²) in [5.41, 5.74) is 3.96. The number of hydrogen-bond acceptors (Lipinski definition) is 6. The van der Waals surface area contributed by atoms with Crippen LogP contribution in [0.5, 0.6) is 11.5 Å². The zero-order valence-corrected chi connectivity index (χ0v) is 19.3. The SMILES string of the molecule is CCOC(=O)C[C@H]1c2cc(OC)c(OC)cc2CCN1CC(=O)Nc1ccccc1CC. The summed E-state index contributed by atoms with van der Waals surface area (Å²) in [6, 6.07) is 11.4. The van der Waals surface area contributed by atoms with Crippen molar-refractivity contribution in [2.24, 2.45) is 0 Å². The van der Waals surface area contributed by atoms with Gasteiger partial charge in [-0.2, -0.15) is 0 Å². The normalized spacial score (nSPS) is 15.6. The second-order valence-electron chi connectivity index (χ2n) is 7.71. The largest absolute Gasteiger partial charge is 0.493 e. The van der Waals surface area contributed by atoms with Crippen LogP contribution in [-0.4, -0.2) is 50.7 Å². The number of carbonyl (C=O) groups excluding carboxylic acids is 2. The predicted molar refractivity (Wildman–Crippen MR) is 123 cm³/mol. The van der Waals surface area contributed by atoms with E-state index in [1.54, 1.807) is 21.1 Å². The van der Waals surface area contributed by atoms with E-state index in [4.69, 9.17) is 14.2 Å². The van der Waals surface area contributed by atoms with E-state index in [1.807, 2.05) is 41.3 Å². The van der Waals surface area contributed by atoms with Crippen LogP contribution in [0.25, 0.3) is 0 Å². The Kier molecular flexibility index (Phi) is 8.11. The maximum atomic E-state index is 12.9. The number of hydrogen-bond donors (Lipinski definition) is 1. The van der Waals surface area contributed by atoms with Gasteiger partial charge in [0.15, 0.2) is 11.5 Å². The molecule has 172 valence electrons. The summed E-state index contributed by atoms with van der Waals surface area (Å²) >= 11 is 0. The second kappa shape index (κ2) is 11.0. The Bertz CT molecular complexity index is 959. The minimum atomic E-state index is -0.290. The molecule has 0 aliphatic carbocycles. The van der Waals surface area contributed by atoms with Crippen molar-refractivity contribution in [1.82, 2.24) is 4.90 Å². The zero-order valence-electron chi connectivity index (χ0n) is 19.3. The molecule has 2 aromatic rings. The van der Waals surface area contributed by atoms with Crippen molar-refractivity contribution in [2.75, 3.05) is 39.2 Å². The van der Waals surface area contributed by atoms with Crippen LogP contribution in [-0.2, 0) is 27.2 Å². The van der Waals surface area contributed by atoms with Crippen molar-refractivity contribution in [3.63, 3.8) is 0 Å². The molecule has 1 aliphatic heterocycles. The van der Waals surface area contributed by atoms with Crippen LogP contribution < -0.4 is 14.8 Å². The lowest BCUT2D eigenvalue weighted by Crippen LogP contribution is -2.41. The number of rotatable bonds is 9. The Labute approximate surface area is 189 Å². The summed E-state index contributed by atoms with van der Waals surface area (Å²) in [7, 11) is 3.19. The van der Waals surface area contributed by atoms with E-state index in [1.165, 1.54) is 0 Å². The van der Waals surface area contributed by atoms with Gasteiger partial charge < -0.3 is 19.5 Å². The molecule has 0 radical (unpaired) electrons. The fourth-order valence-corrected chi connectivity index (χ4v) is 4.21. The number of fused-ring (bicyclic) bond motifs is 1. The van der Waals surface area contributed by atoms with Gasteiger partial charge in [-0.15, -0.1) is 0 Å². The molecule has 7 nitrogen and oxygen atoms in total. The van der Waals surface area contributed by atoms with Crippen LogP contribution in [0.4, 0.5) is 5.69 Å². The first kappa shape index (κ1) is 23.6. The van der Waals surface area contributed by atoms with Gasteiger partial charge in [0.05, 0.1) is 33.8 Å². The van der Waals surface area contributed by atoms with Gasteiger partial charge >= 0.3 is 5.97 Å². The number of benzene rings is 2. The van der Waals surface area contributed by atoms with E-state index in [9.17, 15) is 9.59 Å². The zero-order chi connectivity index (χ0) is 23.1. The van der Waals surface area contributed by atoms with Gasteiger partial charge in [0.2, 0.25) is 5.91 Å². The first-order valence-electron chi connectivity index (χ1n) is 11.0. The number of nitrogens with zero attached hydrogens (tertiary/aromatic N) is 1. The highest BCUT2D eigenvalue weighted by Gasteiger charge is 2.32. The van der Waals surface area contributed by atoms with Gasteiger partial charge in [0.25, 0.3) is 0 Å². The van der Waals surface area contributed by atoms with Crippen molar-refractivity contribution < 1.29 is 23.8 Å². The second-order valence-corrected chi connectivity index (χ2v) is 7.71. The molecular formula is C25H32N2O5. The van der Waals surface area contributed by atoms with Crippen LogP contribution in [0.15, 0.2) is 36.4 Å². The number of ether oxygens (including phenoxy) is 3. The third-order valence-corrected chi connectivity index (χ3v) is 5.80. The van der Waals surface area contributed by atoms with E-state index in [0.29, 0.717) is 24.7 Å². The molecule has 1 N–H and O–H groups in total. The number of para-hydroxylation sites is 1. The highest BCUT2D eigenvalue weighted by atomic mass is 16.5. The summed E-state index contributed by atoms with van der Waals surface area (Å²) in [4.78, 5) is 27.4. The van der Waals surface area contributed by atoms with Crippen LogP contribution in [0, 0.1) is 0 Å². The van der Waals surface area contributed by atoms with E-state index >= 15 is 0 Å². The molecule has 2 aromatic carbocycles. The first-order chi connectivity index (χ1) is 15.5. The topological polar surface area (TPSA) is 77.1 Å². The summed E-state index contributed by atoms with van der Waals surface area (Å²) in [6.45, 7) is 4.99. The fourth-order valence-electron chi connectivity index (χ4n) is 4.21. The number of aryl methyl sites for hydroxylation is 1. The van der Waals surface area contributed by atoms with E-state index in [0.717, 1.165) is 35.2 Å². The maximum Gasteiger partial charge on any atom is 0.307 e. The Balaban J connectivity index is 1.86. The van der Waals surface area contributed by atoms with Gasteiger partial charge in [0, 0.05) is 18.3 Å². The molecule has 0 saturated carbocycles. The average Bonchev–Trinajstić information content (AvgIpc) is 2.80. The van der Waals surface area contributed by atoms with Gasteiger partial charge in [-0.1, -0.05) is 25.1 Å². The Morgan fingerprint density at radius 3 is 2.50 bits per heavy atom. The van der Waals surface area contributed by atoms with Crippen molar-refractivity contribution in [2.45, 2.75) is 39.2 Å². The maximum absolute atomic E-state index is 12.9. The molecular weight excluding hydrogens is 408 g/mol. The van der Waals surface area contributed by atoms with Crippen molar-refractivity contribution in [3.05, 3.63) is 53.1 Å². The highest BCUT2D eigenvalue weighted by molar-refractivity contribution is 5.93. The number of anilines is 1. The van der Waals surface area contributed by atoms with Gasteiger partial charge in [-0.3, -0.25) is 14.5 Å². The molecule has 1 atom stereocenters. The van der Waals surface area contributed by atoms with Crippen LogP contribution in [0.1, 0.15) is 43.0 Å². The molecule has 7 heteroatoms. The lowest BCUT2D eigenvalue weighted by atomic mass is 9.90. The molecule has 0 unspecified atom stereocenters. The Morgan fingerprint density at radius 1 is 1.09 bits per heavy atom. The lowest BCUT2D eigenvalue weighted by Gasteiger charge is -2.37. The lowest BCUT2D eigenvalue weighted by molar-refractivity contribution is -0.145. The molecule has 1 amide bonds. The first-order valence-corrected chi connectivity index (χ1v) is 11.0. The van der Waals surface area contributed by atoms with Crippen LogP contribution >= 0.6 is 0 Å². The fraction of sp³-hybridized carbons (Fsp3) is 0.440. The van der Waals surface area contributed by atoms with Gasteiger partial charge in [-0.05, 0) is 54.7 Å². The molecule has 0 fully saturated rings. The molecule has 1 heterocycles. The number of amides is 1. The standard InChI is InChI=1S/C25H32N2O5/c1-5-17-9-7-8-10-20(17)26-24(28)16-27-12-11-18-13-22(30-3)23(31-4)14-19(18)21(27)15-25(29)32-6-2/h7-10,13-14,21H,5-6,11-12,15-16H2,1-4H3,(H,26,28)/t21-/m0/s1. The molecule has 0 bridgehead atoms. The summed E-state index contributed by atoms with van der Waals surface area (Å²) in [5.74, 6) is 0.859. The summed E-state index contributed by atoms with van der Waals surface area (Å²) in [6.07, 6.45) is 1.74. The Morgan fingerprint density at radius 2 is 1.81 bits per heavy atom. The summed E-state index contributed by atoms with van der Waals surface area (Å²) in [5, 5.41) is 3.03. The Hall–Kier alpha value is -3.06. The highest BCUT2D eigenvalue weighted by Crippen LogP contribution is 2.39. The monoisotopic (exact) mass is 440 g/mol. The number of nitrogens with one attached hydrogen (secondary N) is 1. The molecule has 32 heavy (non-hydrogen) atoms. The number of carbonyl (C=O) groups is 2. The van der Waals surface area contributed by atoms with Crippen molar-refractivity contribution in [1.29, 1.82) is 0 Å². The van der Waals surface area contributed by atoms with Crippen molar-refractivity contribution >= 4 is 17.6 Å². The molecule has 3 rings (SSSR count). The molecule has 0 aromatic heterocycles. The summed E-state index contributed by atoms with van der Waals surface area (Å²) < 4.78 is 16.1. The number of esters is 1. The van der Waals surface area contributed by atoms with Crippen LogP contribution in [0.3, 0.4) is 0 Å². The minimum Gasteiger partial charge on any atom is -0.493 e.